The van der Waals surface area contributed by atoms with Crippen LogP contribution in [0.3, 0.4) is 0 Å². The minimum Gasteiger partial charge on any atom is -0.385 e. The van der Waals surface area contributed by atoms with Gasteiger partial charge in [-0.1, -0.05) is 0 Å². The normalized spacial score (nSPS) is 13.4. The summed E-state index contributed by atoms with van der Waals surface area (Å²) >= 11 is 0. The monoisotopic (exact) mass is 383 g/mol. The van der Waals surface area contributed by atoms with E-state index in [-0.39, 0.29) is 23.6 Å². The third-order valence-electron chi connectivity index (χ3n) is 4.48. The van der Waals surface area contributed by atoms with Crippen LogP contribution < -0.4 is 21.3 Å². The number of nitrogens with zero attached hydrogens (tertiary/aromatic N) is 5. The van der Waals surface area contributed by atoms with Gasteiger partial charge < -0.3 is 21.3 Å². The highest BCUT2D eigenvalue weighted by atomic mass is 16.2. The predicted molar refractivity (Wildman–Crippen MR) is 103 cm³/mol. The number of imidazole rings is 1. The first-order valence-corrected chi connectivity index (χ1v) is 8.90. The second-order valence-electron chi connectivity index (χ2n) is 6.56. The topological polar surface area (TPSA) is 130 Å². The van der Waals surface area contributed by atoms with E-state index in [0.717, 1.165) is 12.8 Å². The zero-order valence-corrected chi connectivity index (χ0v) is 15.8. The summed E-state index contributed by atoms with van der Waals surface area (Å²) in [6, 6.07) is 3.64. The van der Waals surface area contributed by atoms with Crippen molar-refractivity contribution in [3.8, 4) is 0 Å². The standard InChI is InChI=1S/C17H21N9O2/c1-18-10-6-13(22-14-7-11(16(27)19-2)23-25(14)3)24-26-12(8-20-15(10)26)17(28)21-9-4-5-9/h6-9,18H,4-5H2,1-3H3,(H,19,27)(H,21,28)(H,22,24). The van der Waals surface area contributed by atoms with Crippen molar-refractivity contribution in [3.05, 3.63) is 29.7 Å². The Morgan fingerprint density at radius 1 is 1.14 bits per heavy atom. The Hall–Kier alpha value is -3.63. The van der Waals surface area contributed by atoms with Crippen LogP contribution in [0.4, 0.5) is 17.3 Å². The molecule has 146 valence electrons. The Balaban J connectivity index is 1.70. The number of hydrogen-bond acceptors (Lipinski definition) is 7. The second-order valence-corrected chi connectivity index (χ2v) is 6.56. The van der Waals surface area contributed by atoms with Crippen LogP contribution in [0.5, 0.6) is 0 Å². The summed E-state index contributed by atoms with van der Waals surface area (Å²) in [5.41, 5.74) is 1.90. The molecule has 1 aliphatic rings. The van der Waals surface area contributed by atoms with Gasteiger partial charge in [0.15, 0.2) is 22.9 Å². The summed E-state index contributed by atoms with van der Waals surface area (Å²) in [5.74, 6) is 0.569. The maximum atomic E-state index is 12.5. The number of rotatable bonds is 6. The van der Waals surface area contributed by atoms with Gasteiger partial charge >= 0.3 is 0 Å². The number of hydrogen-bond donors (Lipinski definition) is 4. The largest absolute Gasteiger partial charge is 0.385 e. The molecular formula is C17H21N9O2. The molecule has 0 bridgehead atoms. The summed E-state index contributed by atoms with van der Waals surface area (Å²) in [6.07, 6.45) is 3.51. The van der Waals surface area contributed by atoms with Gasteiger partial charge in [-0.2, -0.15) is 5.10 Å². The molecule has 11 nitrogen and oxygen atoms in total. The lowest BCUT2D eigenvalue weighted by atomic mass is 10.4. The van der Waals surface area contributed by atoms with Crippen LogP contribution in [0.2, 0.25) is 0 Å². The molecule has 0 atom stereocenters. The number of aromatic nitrogens is 5. The number of anilines is 3. The van der Waals surface area contributed by atoms with Gasteiger partial charge in [0.2, 0.25) is 0 Å². The highest BCUT2D eigenvalue weighted by Crippen LogP contribution is 2.24. The predicted octanol–water partition coefficient (Wildman–Crippen LogP) is 0.500. The van der Waals surface area contributed by atoms with Crippen LogP contribution in [0.1, 0.15) is 33.8 Å². The number of fused-ring (bicyclic) bond motifs is 1. The maximum absolute atomic E-state index is 12.5. The molecule has 0 spiro atoms. The number of amides is 2. The van der Waals surface area contributed by atoms with Crippen molar-refractivity contribution in [2.45, 2.75) is 18.9 Å². The van der Waals surface area contributed by atoms with Crippen LogP contribution in [0.15, 0.2) is 18.3 Å². The fraction of sp³-hybridized carbons (Fsp3) is 0.353. The van der Waals surface area contributed by atoms with E-state index in [9.17, 15) is 9.59 Å². The van der Waals surface area contributed by atoms with Crippen LogP contribution in [-0.2, 0) is 7.05 Å². The van der Waals surface area contributed by atoms with Gasteiger partial charge in [-0.15, -0.1) is 5.10 Å². The Bertz CT molecular complexity index is 1060. The van der Waals surface area contributed by atoms with E-state index >= 15 is 0 Å². The molecule has 4 N–H and O–H groups in total. The molecule has 3 aromatic heterocycles. The van der Waals surface area contributed by atoms with Crippen LogP contribution in [-0.4, -0.2) is 56.3 Å². The van der Waals surface area contributed by atoms with Gasteiger partial charge in [-0.05, 0) is 12.8 Å². The van der Waals surface area contributed by atoms with Crippen molar-refractivity contribution < 1.29 is 9.59 Å². The number of carbonyl (C=O) groups is 2. The Morgan fingerprint density at radius 3 is 2.61 bits per heavy atom. The molecule has 4 rings (SSSR count). The quantitative estimate of drug-likeness (QED) is 0.488. The molecule has 1 saturated carbocycles. The first kappa shape index (κ1) is 17.8. The summed E-state index contributed by atoms with van der Waals surface area (Å²) in [4.78, 5) is 28.6. The lowest BCUT2D eigenvalue weighted by Crippen LogP contribution is -2.27. The average Bonchev–Trinajstić information content (AvgIpc) is 3.28. The van der Waals surface area contributed by atoms with E-state index in [0.29, 0.717) is 28.7 Å². The maximum Gasteiger partial charge on any atom is 0.271 e. The highest BCUT2D eigenvalue weighted by molar-refractivity contribution is 5.94. The zero-order chi connectivity index (χ0) is 19.8. The van der Waals surface area contributed by atoms with Crippen molar-refractivity contribution in [2.75, 3.05) is 24.7 Å². The Morgan fingerprint density at radius 2 is 1.93 bits per heavy atom. The smallest absolute Gasteiger partial charge is 0.271 e. The Kier molecular flexibility index (Phi) is 4.34. The third kappa shape index (κ3) is 3.21. The van der Waals surface area contributed by atoms with Crippen LogP contribution in [0.25, 0.3) is 5.65 Å². The SMILES string of the molecule is CNC(=O)c1cc(Nc2cc(NC)c3ncc(C(=O)NC4CC4)n3n2)n(C)n1. The van der Waals surface area contributed by atoms with Crippen molar-refractivity contribution in [2.24, 2.45) is 7.05 Å². The number of aryl methyl sites for hydroxylation is 1. The summed E-state index contributed by atoms with van der Waals surface area (Å²) in [7, 11) is 5.04. The summed E-state index contributed by atoms with van der Waals surface area (Å²) < 4.78 is 3.05. The van der Waals surface area contributed by atoms with Gasteiger partial charge in [0.25, 0.3) is 11.8 Å². The van der Waals surface area contributed by atoms with E-state index in [1.165, 1.54) is 10.7 Å². The van der Waals surface area contributed by atoms with Crippen LogP contribution >= 0.6 is 0 Å². The lowest BCUT2D eigenvalue weighted by Gasteiger charge is -2.10. The molecule has 3 aromatic rings. The molecule has 0 radical (unpaired) electrons. The molecule has 1 aliphatic carbocycles. The van der Waals surface area contributed by atoms with Gasteiger partial charge in [-0.3, -0.25) is 14.3 Å². The molecule has 0 saturated heterocycles. The van der Waals surface area contributed by atoms with Crippen molar-refractivity contribution >= 4 is 34.8 Å². The molecule has 0 aliphatic heterocycles. The van der Waals surface area contributed by atoms with Gasteiger partial charge in [0.05, 0.1) is 11.9 Å². The van der Waals surface area contributed by atoms with E-state index in [2.05, 4.69) is 36.4 Å². The third-order valence-corrected chi connectivity index (χ3v) is 4.48. The molecule has 2 amide bonds. The van der Waals surface area contributed by atoms with Gasteiger partial charge in [0, 0.05) is 39.3 Å². The minimum absolute atomic E-state index is 0.205. The molecule has 11 heteroatoms. The molecule has 3 heterocycles. The first-order valence-electron chi connectivity index (χ1n) is 8.90. The van der Waals surface area contributed by atoms with E-state index in [4.69, 9.17) is 0 Å². The average molecular weight is 383 g/mol. The van der Waals surface area contributed by atoms with Gasteiger partial charge in [-0.25, -0.2) is 9.50 Å². The minimum atomic E-state index is -0.281. The summed E-state index contributed by atoms with van der Waals surface area (Å²) in [6.45, 7) is 0. The van der Waals surface area contributed by atoms with Crippen LogP contribution in [0, 0.1) is 0 Å². The lowest BCUT2D eigenvalue weighted by molar-refractivity contribution is 0.0940. The first-order chi connectivity index (χ1) is 13.5. The summed E-state index contributed by atoms with van der Waals surface area (Å²) in [5, 5.41) is 20.4. The highest BCUT2D eigenvalue weighted by Gasteiger charge is 2.26. The van der Waals surface area contributed by atoms with Gasteiger partial charge in [0.1, 0.15) is 5.82 Å². The van der Waals surface area contributed by atoms with E-state index in [1.807, 2.05) is 0 Å². The molecule has 0 aromatic carbocycles. The second kappa shape index (κ2) is 6.83. The molecule has 1 fully saturated rings. The fourth-order valence-electron chi connectivity index (χ4n) is 2.81. The molecular weight excluding hydrogens is 362 g/mol. The number of nitrogens with one attached hydrogen (secondary N) is 4. The number of carbonyl (C=O) groups excluding carboxylic acids is 2. The van der Waals surface area contributed by atoms with E-state index in [1.54, 1.807) is 38.0 Å². The van der Waals surface area contributed by atoms with Crippen molar-refractivity contribution in [3.63, 3.8) is 0 Å². The molecule has 0 unspecified atom stereocenters. The van der Waals surface area contributed by atoms with Crippen molar-refractivity contribution in [1.29, 1.82) is 0 Å². The van der Waals surface area contributed by atoms with E-state index < -0.39 is 0 Å². The zero-order valence-electron chi connectivity index (χ0n) is 15.8. The van der Waals surface area contributed by atoms with Crippen molar-refractivity contribution in [1.82, 2.24) is 35.0 Å². The molecule has 28 heavy (non-hydrogen) atoms. The Labute approximate surface area is 160 Å². The fourth-order valence-corrected chi connectivity index (χ4v) is 2.81.